The second-order valence-electron chi connectivity index (χ2n) is 9.34. The second kappa shape index (κ2) is 8.19. The molecule has 0 aliphatic heterocycles. The van der Waals surface area contributed by atoms with Crippen molar-refractivity contribution in [2.75, 3.05) is 0 Å². The molecule has 7 aromatic rings. The Hall–Kier alpha value is -4.19. The van der Waals surface area contributed by atoms with Gasteiger partial charge in [-0.15, -0.1) is 0 Å². The Kier molecular flexibility index (Phi) is 4.81. The lowest BCUT2D eigenvalue weighted by molar-refractivity contribution is 0.592. The molecule has 0 spiro atoms. The molecule has 0 atom stereocenters. The van der Waals surface area contributed by atoms with Gasteiger partial charge in [-0.05, 0) is 55.6 Å². The van der Waals surface area contributed by atoms with Crippen molar-refractivity contribution in [2.45, 2.75) is 0 Å². The SMILES string of the molecule is O=P(c1ccccc1)(c1ccccc1)c1ccc(-c2cc3ccc4cccc5ccc(c2)c3c45)cc1. The van der Waals surface area contributed by atoms with E-state index in [1.807, 2.05) is 72.8 Å². The van der Waals surface area contributed by atoms with Crippen molar-refractivity contribution in [1.82, 2.24) is 0 Å². The van der Waals surface area contributed by atoms with Crippen molar-refractivity contribution < 1.29 is 4.57 Å². The zero-order valence-electron chi connectivity index (χ0n) is 19.6. The van der Waals surface area contributed by atoms with E-state index >= 15 is 0 Å². The minimum absolute atomic E-state index is 0.848. The molecule has 2 heteroatoms. The minimum atomic E-state index is -2.97. The average molecular weight is 479 g/mol. The Bertz CT molecular complexity index is 1780. The van der Waals surface area contributed by atoms with E-state index in [9.17, 15) is 4.57 Å². The van der Waals surface area contributed by atoms with Crippen LogP contribution in [0.4, 0.5) is 0 Å². The normalized spacial score (nSPS) is 12.0. The highest BCUT2D eigenvalue weighted by molar-refractivity contribution is 7.85. The summed E-state index contributed by atoms with van der Waals surface area (Å²) in [5.74, 6) is 0. The Morgan fingerprint density at radius 1 is 0.361 bits per heavy atom. The van der Waals surface area contributed by atoms with Crippen LogP contribution in [0.15, 0.2) is 140 Å². The molecule has 0 fully saturated rings. The lowest BCUT2D eigenvalue weighted by atomic mass is 9.91. The number of rotatable bonds is 4. The highest BCUT2D eigenvalue weighted by Crippen LogP contribution is 2.43. The molecule has 36 heavy (non-hydrogen) atoms. The van der Waals surface area contributed by atoms with Crippen LogP contribution in [-0.4, -0.2) is 0 Å². The molecule has 0 unspecified atom stereocenters. The first-order valence-electron chi connectivity index (χ1n) is 12.2. The fraction of sp³-hybridized carbons (Fsp3) is 0. The third-order valence-corrected chi connectivity index (χ3v) is 10.3. The summed E-state index contributed by atoms with van der Waals surface area (Å²) in [4.78, 5) is 0. The van der Waals surface area contributed by atoms with Gasteiger partial charge in [0, 0.05) is 15.9 Å². The molecule has 7 rings (SSSR count). The standard InChI is InChI=1S/C34H23OP/c35-36(30-10-3-1-4-11-30,31-12-5-2-6-13-31)32-20-18-24(19-21-32)29-22-27-16-14-25-8-7-9-26-15-17-28(23-29)34(27)33(25)26/h1-23H. The molecule has 0 amide bonds. The van der Waals surface area contributed by atoms with E-state index in [0.717, 1.165) is 21.5 Å². The molecule has 0 N–H and O–H groups in total. The first-order chi connectivity index (χ1) is 17.7. The predicted molar refractivity (Wildman–Crippen MR) is 155 cm³/mol. The molecule has 0 radical (unpaired) electrons. The molecule has 7 aromatic carbocycles. The quantitative estimate of drug-likeness (QED) is 0.186. The van der Waals surface area contributed by atoms with Crippen LogP contribution in [0.25, 0.3) is 43.4 Å². The molecule has 0 heterocycles. The van der Waals surface area contributed by atoms with Crippen LogP contribution in [0.5, 0.6) is 0 Å². The van der Waals surface area contributed by atoms with E-state index in [1.54, 1.807) is 0 Å². The molecule has 0 aliphatic carbocycles. The first kappa shape index (κ1) is 21.1. The van der Waals surface area contributed by atoms with Crippen molar-refractivity contribution in [3.8, 4) is 11.1 Å². The lowest BCUT2D eigenvalue weighted by Gasteiger charge is -2.20. The van der Waals surface area contributed by atoms with Crippen molar-refractivity contribution in [3.63, 3.8) is 0 Å². The van der Waals surface area contributed by atoms with Crippen LogP contribution < -0.4 is 15.9 Å². The van der Waals surface area contributed by atoms with E-state index in [1.165, 1.54) is 37.9 Å². The van der Waals surface area contributed by atoms with E-state index in [2.05, 4.69) is 66.7 Å². The summed E-state index contributed by atoms with van der Waals surface area (Å²) in [6.45, 7) is 0. The second-order valence-corrected chi connectivity index (χ2v) is 12.1. The Balaban J connectivity index is 1.37. The van der Waals surface area contributed by atoms with Gasteiger partial charge in [0.2, 0.25) is 0 Å². The molecule has 0 aromatic heterocycles. The number of hydrogen-bond acceptors (Lipinski definition) is 1. The zero-order chi connectivity index (χ0) is 24.1. The monoisotopic (exact) mass is 478 g/mol. The molecule has 0 saturated heterocycles. The van der Waals surface area contributed by atoms with Crippen LogP contribution in [0.2, 0.25) is 0 Å². The highest BCUT2D eigenvalue weighted by atomic mass is 31.2. The van der Waals surface area contributed by atoms with Crippen molar-refractivity contribution in [2.24, 2.45) is 0 Å². The van der Waals surface area contributed by atoms with Crippen molar-refractivity contribution in [1.29, 1.82) is 0 Å². The van der Waals surface area contributed by atoms with Crippen LogP contribution in [0.3, 0.4) is 0 Å². The average Bonchev–Trinajstić information content (AvgIpc) is 2.96. The Labute approximate surface area is 210 Å². The summed E-state index contributed by atoms with van der Waals surface area (Å²) in [6, 6.07) is 47.9. The maximum absolute atomic E-state index is 14.7. The van der Waals surface area contributed by atoms with Gasteiger partial charge < -0.3 is 4.57 Å². The third kappa shape index (κ3) is 3.21. The molecular weight excluding hydrogens is 455 g/mol. The minimum Gasteiger partial charge on any atom is -0.309 e. The van der Waals surface area contributed by atoms with E-state index in [4.69, 9.17) is 0 Å². The fourth-order valence-electron chi connectivity index (χ4n) is 5.51. The molecular formula is C34H23OP. The molecule has 0 aliphatic rings. The fourth-order valence-corrected chi connectivity index (χ4v) is 8.15. The van der Waals surface area contributed by atoms with Gasteiger partial charge in [0.1, 0.15) is 0 Å². The Morgan fingerprint density at radius 2 is 0.806 bits per heavy atom. The number of benzene rings is 7. The van der Waals surface area contributed by atoms with E-state index in [0.29, 0.717) is 0 Å². The molecule has 0 saturated carbocycles. The van der Waals surface area contributed by atoms with Crippen LogP contribution in [0, 0.1) is 0 Å². The van der Waals surface area contributed by atoms with Crippen LogP contribution in [-0.2, 0) is 4.57 Å². The summed E-state index contributed by atoms with van der Waals surface area (Å²) in [5.41, 5.74) is 2.29. The molecule has 1 nitrogen and oxygen atoms in total. The van der Waals surface area contributed by atoms with Gasteiger partial charge >= 0.3 is 0 Å². The zero-order valence-corrected chi connectivity index (χ0v) is 20.5. The van der Waals surface area contributed by atoms with E-state index < -0.39 is 7.14 Å². The largest absolute Gasteiger partial charge is 0.309 e. The number of hydrogen-bond donors (Lipinski definition) is 0. The van der Waals surface area contributed by atoms with Gasteiger partial charge in [0.05, 0.1) is 0 Å². The topological polar surface area (TPSA) is 17.1 Å². The summed E-state index contributed by atoms with van der Waals surface area (Å²) in [7, 11) is -2.97. The van der Waals surface area contributed by atoms with Crippen molar-refractivity contribution in [3.05, 3.63) is 140 Å². The third-order valence-electron chi connectivity index (χ3n) is 7.27. The summed E-state index contributed by atoms with van der Waals surface area (Å²) in [6.07, 6.45) is 0. The van der Waals surface area contributed by atoms with Crippen LogP contribution >= 0.6 is 7.14 Å². The van der Waals surface area contributed by atoms with Crippen molar-refractivity contribution >= 4 is 55.4 Å². The van der Waals surface area contributed by atoms with Gasteiger partial charge in [0.25, 0.3) is 0 Å². The lowest BCUT2D eigenvalue weighted by Crippen LogP contribution is -2.24. The summed E-state index contributed by atoms with van der Waals surface area (Å²) < 4.78 is 14.7. The summed E-state index contributed by atoms with van der Waals surface area (Å²) in [5, 5.41) is 10.3. The van der Waals surface area contributed by atoms with E-state index in [-0.39, 0.29) is 0 Å². The van der Waals surface area contributed by atoms with Gasteiger partial charge in [0.15, 0.2) is 7.14 Å². The summed E-state index contributed by atoms with van der Waals surface area (Å²) >= 11 is 0. The van der Waals surface area contributed by atoms with Gasteiger partial charge in [-0.1, -0.05) is 127 Å². The highest BCUT2D eigenvalue weighted by Gasteiger charge is 2.29. The maximum Gasteiger partial charge on any atom is 0.171 e. The van der Waals surface area contributed by atoms with Crippen LogP contribution in [0.1, 0.15) is 0 Å². The van der Waals surface area contributed by atoms with Gasteiger partial charge in [-0.2, -0.15) is 0 Å². The molecule has 0 bridgehead atoms. The first-order valence-corrected chi connectivity index (χ1v) is 13.9. The Morgan fingerprint density at radius 3 is 1.33 bits per heavy atom. The predicted octanol–water partition coefficient (Wildman–Crippen LogP) is 7.89. The maximum atomic E-state index is 14.7. The van der Waals surface area contributed by atoms with Gasteiger partial charge in [-0.3, -0.25) is 0 Å². The van der Waals surface area contributed by atoms with Gasteiger partial charge in [-0.25, -0.2) is 0 Å². The smallest absolute Gasteiger partial charge is 0.171 e. The molecule has 170 valence electrons.